The van der Waals surface area contributed by atoms with E-state index in [0.717, 1.165) is 5.01 Å². The fraction of sp³-hybridized carbons (Fsp3) is 0.182. The van der Waals surface area contributed by atoms with Crippen LogP contribution in [-0.4, -0.2) is 44.1 Å². The molecule has 1 aliphatic carbocycles. The summed E-state index contributed by atoms with van der Waals surface area (Å²) in [4.78, 5) is 15.4. The number of hydrogen-bond acceptors (Lipinski definition) is 7. The summed E-state index contributed by atoms with van der Waals surface area (Å²) in [6, 6.07) is -0.822. The fourth-order valence-electron chi connectivity index (χ4n) is 1.62. The Balaban J connectivity index is 2.12. The predicted octanol–water partition coefficient (Wildman–Crippen LogP) is -0.663. The Hall–Kier alpha value is -2.59. The molecule has 2 rings (SSSR count). The molecule has 0 aromatic rings. The highest BCUT2D eigenvalue weighted by Crippen LogP contribution is 2.05. The van der Waals surface area contributed by atoms with Gasteiger partial charge < -0.3 is 10.4 Å². The molecule has 0 fully saturated rings. The maximum absolute atomic E-state index is 11.9. The summed E-state index contributed by atoms with van der Waals surface area (Å²) in [6.07, 6.45) is 5.54. The Morgan fingerprint density at radius 1 is 1.43 bits per heavy atom. The second-order valence-corrected chi connectivity index (χ2v) is 4.56. The normalized spacial score (nSPS) is 21.5. The molecule has 1 aliphatic heterocycles. The zero-order valence-electron chi connectivity index (χ0n) is 10.9. The number of hydrogen-bond donors (Lipinski definition) is 2. The molecule has 0 saturated heterocycles. The number of hydrazine groups is 1. The zero-order valence-corrected chi connectivity index (χ0v) is 11.7. The van der Waals surface area contributed by atoms with E-state index in [1.54, 1.807) is 6.92 Å². The van der Waals surface area contributed by atoms with Gasteiger partial charge in [-0.1, -0.05) is 0 Å². The lowest BCUT2D eigenvalue weighted by atomic mass is 10.1. The molecule has 0 aromatic carbocycles. The van der Waals surface area contributed by atoms with Crippen molar-refractivity contribution in [3.63, 3.8) is 0 Å². The maximum atomic E-state index is 11.9. The summed E-state index contributed by atoms with van der Waals surface area (Å²) in [5, 5.41) is 25.8. The van der Waals surface area contributed by atoms with Gasteiger partial charge in [-0.2, -0.15) is 10.0 Å². The lowest BCUT2D eigenvalue weighted by Gasteiger charge is -2.26. The lowest BCUT2D eigenvalue weighted by Crippen LogP contribution is -2.56. The van der Waals surface area contributed by atoms with Crippen LogP contribution in [0.5, 0.6) is 0 Å². The second kappa shape index (κ2) is 5.81. The number of aliphatic imine (C=N–C) groups is 1. The van der Waals surface area contributed by atoms with Crippen LogP contribution in [0.25, 0.3) is 0 Å². The van der Waals surface area contributed by atoms with Crippen LogP contribution < -0.4 is 11.3 Å². The highest BCUT2D eigenvalue weighted by atomic mass is 32.1. The number of nitrogens with one attached hydrogen (secondary N) is 1. The Morgan fingerprint density at radius 2 is 2.05 bits per heavy atom. The maximum Gasteiger partial charge on any atom is 0.273 e. The molecule has 0 unspecified atom stereocenters. The van der Waals surface area contributed by atoms with Gasteiger partial charge in [0.05, 0.1) is 11.4 Å². The van der Waals surface area contributed by atoms with Gasteiger partial charge in [0.15, 0.2) is 6.04 Å². The van der Waals surface area contributed by atoms with Gasteiger partial charge in [0.1, 0.15) is 0 Å². The van der Waals surface area contributed by atoms with E-state index < -0.39 is 16.9 Å². The topological polar surface area (TPSA) is 132 Å². The standard InChI is InChI=1S/C11H11N6O3S/c1-6-9(10(18)16(12)11(21)13-6)15-14-7-2-4-8(5-3-7)17(19)20/h2-5,9,15H,12H2,1H3/q-1/t9-/m0/s1. The molecule has 1 heterocycles. The minimum Gasteiger partial charge on any atom is -0.612 e. The van der Waals surface area contributed by atoms with Crippen molar-refractivity contribution in [1.29, 1.82) is 0 Å². The van der Waals surface area contributed by atoms with E-state index >= 15 is 0 Å². The molecule has 0 saturated carbocycles. The van der Waals surface area contributed by atoms with Crippen molar-refractivity contribution in [2.24, 2.45) is 15.9 Å². The second-order valence-electron chi connectivity index (χ2n) is 4.19. The Morgan fingerprint density at radius 3 is 2.62 bits per heavy atom. The van der Waals surface area contributed by atoms with Gasteiger partial charge in [0, 0.05) is 12.2 Å². The first-order chi connectivity index (χ1) is 9.90. The first-order valence-electron chi connectivity index (χ1n) is 5.78. The van der Waals surface area contributed by atoms with E-state index in [9.17, 15) is 15.2 Å². The molecule has 110 valence electrons. The molecule has 0 radical (unpaired) electrons. The summed E-state index contributed by atoms with van der Waals surface area (Å²) in [6.45, 7) is 1.63. The van der Waals surface area contributed by atoms with Crippen LogP contribution in [0.15, 0.2) is 34.4 Å². The van der Waals surface area contributed by atoms with Gasteiger partial charge in [0.2, 0.25) is 10.8 Å². The number of nitrogens with two attached hydrogens (primary N) is 1. The monoisotopic (exact) mass is 307 g/mol. The summed E-state index contributed by atoms with van der Waals surface area (Å²) in [5.74, 6) is 5.00. The zero-order chi connectivity index (χ0) is 15.6. The summed E-state index contributed by atoms with van der Waals surface area (Å²) < 4.78 is 0. The van der Waals surface area contributed by atoms with Gasteiger partial charge in [-0.05, 0) is 31.3 Å². The van der Waals surface area contributed by atoms with Crippen molar-refractivity contribution in [2.75, 3.05) is 0 Å². The molecule has 21 heavy (non-hydrogen) atoms. The summed E-state index contributed by atoms with van der Waals surface area (Å²) >= 11 is 4.82. The van der Waals surface area contributed by atoms with E-state index in [-0.39, 0.29) is 10.8 Å². The highest BCUT2D eigenvalue weighted by Gasteiger charge is 2.31. The van der Waals surface area contributed by atoms with Crippen molar-refractivity contribution in [3.05, 3.63) is 34.7 Å². The molecule has 9 nitrogen and oxygen atoms in total. The first kappa shape index (κ1) is 14.8. The quantitative estimate of drug-likeness (QED) is 0.174. The molecule has 1 atom stereocenters. The van der Waals surface area contributed by atoms with E-state index in [1.165, 1.54) is 24.3 Å². The van der Waals surface area contributed by atoms with Crippen LogP contribution in [0.3, 0.4) is 0 Å². The molecular formula is C11H11N6O3S-. The largest absolute Gasteiger partial charge is 0.612 e. The first-order valence-corrected chi connectivity index (χ1v) is 6.19. The Bertz CT molecular complexity index is 626. The number of carbonyl (C=O) groups is 1. The number of nitrogens with zero attached hydrogens (tertiary/aromatic N) is 4. The van der Waals surface area contributed by atoms with Crippen molar-refractivity contribution in [1.82, 2.24) is 10.4 Å². The van der Waals surface area contributed by atoms with Crippen LogP contribution in [0, 0.1) is 10.4 Å². The average Bonchev–Trinajstić information content (AvgIpc) is 2.45. The predicted molar refractivity (Wildman–Crippen MR) is 81.4 cm³/mol. The van der Waals surface area contributed by atoms with Crippen molar-refractivity contribution in [2.45, 2.75) is 13.0 Å². The average molecular weight is 307 g/mol. The smallest absolute Gasteiger partial charge is 0.273 e. The highest BCUT2D eigenvalue weighted by molar-refractivity contribution is 7.80. The Labute approximate surface area is 125 Å². The van der Waals surface area contributed by atoms with Gasteiger partial charge in [-0.25, -0.2) is 15.8 Å². The number of rotatable bonds is 2. The van der Waals surface area contributed by atoms with Gasteiger partial charge >= 0.3 is 0 Å². The number of amides is 1. The van der Waals surface area contributed by atoms with Crippen LogP contribution in [0.1, 0.15) is 6.92 Å². The number of hydrazone groups is 1. The van der Waals surface area contributed by atoms with E-state index in [1.807, 2.05) is 0 Å². The molecule has 0 aromatic heterocycles. The minimum absolute atomic E-state index is 0.00844. The SMILES string of the molecule is CC1=NC(=S)N(N)C(=O)[C@H]1NN=C1C=CC(=[N+]([O-])[O-])C=C1. The Kier molecular flexibility index (Phi) is 4.10. The van der Waals surface area contributed by atoms with Crippen molar-refractivity contribution in [3.8, 4) is 0 Å². The van der Waals surface area contributed by atoms with Gasteiger partial charge in [-0.15, -0.1) is 0 Å². The summed E-state index contributed by atoms with van der Waals surface area (Å²) in [5.41, 5.74) is 3.46. The summed E-state index contributed by atoms with van der Waals surface area (Å²) in [7, 11) is 0. The lowest BCUT2D eigenvalue weighted by molar-refractivity contribution is -0.377. The molecule has 0 spiro atoms. The van der Waals surface area contributed by atoms with Gasteiger partial charge in [-0.3, -0.25) is 10.2 Å². The van der Waals surface area contributed by atoms with Crippen LogP contribution >= 0.6 is 12.2 Å². The number of thiocarbonyl (C=S) groups is 1. The van der Waals surface area contributed by atoms with Gasteiger partial charge in [0.25, 0.3) is 5.91 Å². The third-order valence-corrected chi connectivity index (χ3v) is 3.05. The van der Waals surface area contributed by atoms with Crippen LogP contribution in [-0.2, 0) is 4.79 Å². The number of allylic oxidation sites excluding steroid dienone is 4. The minimum atomic E-state index is -0.822. The third kappa shape index (κ3) is 3.12. The van der Waals surface area contributed by atoms with E-state index in [4.69, 9.17) is 18.1 Å². The van der Waals surface area contributed by atoms with Crippen LogP contribution in [0.4, 0.5) is 0 Å². The van der Waals surface area contributed by atoms with Crippen molar-refractivity contribution >= 4 is 40.4 Å². The molecule has 3 N–H and O–H groups in total. The number of carbonyl (C=O) groups excluding carboxylic acids is 1. The molecular weight excluding hydrogens is 296 g/mol. The molecule has 1 amide bonds. The van der Waals surface area contributed by atoms with E-state index in [2.05, 4.69) is 15.5 Å². The molecule has 0 bridgehead atoms. The van der Waals surface area contributed by atoms with Crippen molar-refractivity contribution < 1.29 is 9.70 Å². The third-order valence-electron chi connectivity index (χ3n) is 2.76. The van der Waals surface area contributed by atoms with E-state index in [0.29, 0.717) is 11.4 Å². The fourth-order valence-corrected chi connectivity index (χ4v) is 1.85. The molecule has 10 heteroatoms. The molecule has 2 aliphatic rings. The van der Waals surface area contributed by atoms with Crippen LogP contribution in [0.2, 0.25) is 0 Å².